The standard InChI is InChI=1S/C18H14ClNO/c19-15-7-3-4-12(8-15)9-18(21)16-10-13-5-1-2-6-14(13)11-17(16)20/h1-8,10-11H,9,20H2. The van der Waals surface area contributed by atoms with Gasteiger partial charge in [0.25, 0.3) is 0 Å². The highest BCUT2D eigenvalue weighted by molar-refractivity contribution is 6.30. The van der Waals surface area contributed by atoms with Crippen LogP contribution >= 0.6 is 11.6 Å². The highest BCUT2D eigenvalue weighted by Gasteiger charge is 2.12. The van der Waals surface area contributed by atoms with Gasteiger partial charge in [0.2, 0.25) is 0 Å². The van der Waals surface area contributed by atoms with E-state index < -0.39 is 0 Å². The SMILES string of the molecule is Nc1cc2ccccc2cc1C(=O)Cc1cccc(Cl)c1. The van der Waals surface area contributed by atoms with Gasteiger partial charge in [-0.05, 0) is 40.6 Å². The zero-order valence-electron chi connectivity index (χ0n) is 11.3. The van der Waals surface area contributed by atoms with Gasteiger partial charge in [-0.25, -0.2) is 0 Å². The first kappa shape index (κ1) is 13.7. The molecule has 0 aliphatic heterocycles. The molecule has 3 aromatic carbocycles. The Kier molecular flexibility index (Phi) is 3.63. The first-order chi connectivity index (χ1) is 10.1. The van der Waals surface area contributed by atoms with Crippen LogP contribution in [0.2, 0.25) is 5.02 Å². The quantitative estimate of drug-likeness (QED) is 0.571. The number of carbonyl (C=O) groups is 1. The minimum absolute atomic E-state index is 0.000481. The molecule has 3 aromatic rings. The van der Waals surface area contributed by atoms with Gasteiger partial charge in [0.05, 0.1) is 0 Å². The Morgan fingerprint density at radius 1 is 0.952 bits per heavy atom. The summed E-state index contributed by atoms with van der Waals surface area (Å²) >= 11 is 5.95. The van der Waals surface area contributed by atoms with Crippen LogP contribution in [0.1, 0.15) is 15.9 Å². The van der Waals surface area contributed by atoms with Crippen molar-refractivity contribution in [3.05, 3.63) is 76.8 Å². The van der Waals surface area contributed by atoms with E-state index in [1.54, 1.807) is 12.1 Å². The van der Waals surface area contributed by atoms with Gasteiger partial charge < -0.3 is 5.73 Å². The predicted octanol–water partition coefficient (Wildman–Crippen LogP) is 4.50. The van der Waals surface area contributed by atoms with Crippen LogP contribution < -0.4 is 5.73 Å². The maximum Gasteiger partial charge on any atom is 0.169 e. The van der Waals surface area contributed by atoms with Crippen LogP contribution in [0.3, 0.4) is 0 Å². The highest BCUT2D eigenvalue weighted by atomic mass is 35.5. The normalized spacial score (nSPS) is 10.7. The molecule has 2 nitrogen and oxygen atoms in total. The van der Waals surface area contributed by atoms with E-state index in [0.717, 1.165) is 16.3 Å². The second-order valence-electron chi connectivity index (χ2n) is 5.02. The molecule has 0 saturated carbocycles. The van der Waals surface area contributed by atoms with Gasteiger partial charge in [0.15, 0.2) is 5.78 Å². The van der Waals surface area contributed by atoms with Crippen molar-refractivity contribution in [3.63, 3.8) is 0 Å². The van der Waals surface area contributed by atoms with Gasteiger partial charge in [-0.2, -0.15) is 0 Å². The Bertz CT molecular complexity index is 826. The highest BCUT2D eigenvalue weighted by Crippen LogP contribution is 2.23. The molecule has 0 spiro atoms. The number of rotatable bonds is 3. The van der Waals surface area contributed by atoms with E-state index in [4.69, 9.17) is 17.3 Å². The number of hydrogen-bond donors (Lipinski definition) is 1. The molecule has 0 aliphatic carbocycles. The molecule has 0 saturated heterocycles. The summed E-state index contributed by atoms with van der Waals surface area (Å²) in [6.45, 7) is 0. The lowest BCUT2D eigenvalue weighted by Gasteiger charge is -2.08. The van der Waals surface area contributed by atoms with Crippen LogP contribution in [0, 0.1) is 0 Å². The Balaban J connectivity index is 1.96. The van der Waals surface area contributed by atoms with Crippen molar-refractivity contribution in [1.29, 1.82) is 0 Å². The third-order valence-electron chi connectivity index (χ3n) is 3.47. The fraction of sp³-hybridized carbons (Fsp3) is 0.0556. The van der Waals surface area contributed by atoms with Crippen LogP contribution in [0.15, 0.2) is 60.7 Å². The van der Waals surface area contributed by atoms with Gasteiger partial charge >= 0.3 is 0 Å². The molecule has 3 heteroatoms. The number of nitrogens with two attached hydrogens (primary N) is 1. The van der Waals surface area contributed by atoms with E-state index in [9.17, 15) is 4.79 Å². The molecule has 3 rings (SSSR count). The number of anilines is 1. The van der Waals surface area contributed by atoms with Crippen LogP contribution in [0.25, 0.3) is 10.8 Å². The maximum absolute atomic E-state index is 12.5. The molecule has 0 radical (unpaired) electrons. The molecule has 104 valence electrons. The Hall–Kier alpha value is -2.32. The summed E-state index contributed by atoms with van der Waals surface area (Å²) < 4.78 is 0. The molecule has 21 heavy (non-hydrogen) atoms. The van der Waals surface area contributed by atoms with E-state index in [1.807, 2.05) is 48.5 Å². The van der Waals surface area contributed by atoms with Crippen molar-refractivity contribution < 1.29 is 4.79 Å². The van der Waals surface area contributed by atoms with E-state index in [0.29, 0.717) is 22.7 Å². The second kappa shape index (κ2) is 5.58. The minimum Gasteiger partial charge on any atom is -0.398 e. The largest absolute Gasteiger partial charge is 0.398 e. The van der Waals surface area contributed by atoms with Crippen molar-refractivity contribution in [2.45, 2.75) is 6.42 Å². The lowest BCUT2D eigenvalue weighted by molar-refractivity contribution is 0.0994. The van der Waals surface area contributed by atoms with Crippen molar-refractivity contribution >= 4 is 33.8 Å². The lowest BCUT2D eigenvalue weighted by atomic mass is 9.98. The van der Waals surface area contributed by atoms with Crippen molar-refractivity contribution in [2.24, 2.45) is 0 Å². The summed E-state index contributed by atoms with van der Waals surface area (Å²) in [6, 6.07) is 18.9. The van der Waals surface area contributed by atoms with Crippen molar-refractivity contribution in [2.75, 3.05) is 5.73 Å². The lowest BCUT2D eigenvalue weighted by Crippen LogP contribution is -2.07. The number of ketones is 1. The number of hydrogen-bond acceptors (Lipinski definition) is 2. The Morgan fingerprint density at radius 3 is 2.38 bits per heavy atom. The first-order valence-corrected chi connectivity index (χ1v) is 7.07. The molecule has 0 fully saturated rings. The molecule has 0 bridgehead atoms. The van der Waals surface area contributed by atoms with Crippen LogP contribution in [-0.4, -0.2) is 5.78 Å². The van der Waals surface area contributed by atoms with Gasteiger partial charge in [-0.15, -0.1) is 0 Å². The molecule has 0 aromatic heterocycles. The maximum atomic E-state index is 12.5. The molecular formula is C18H14ClNO. The molecule has 0 atom stereocenters. The number of fused-ring (bicyclic) bond motifs is 1. The first-order valence-electron chi connectivity index (χ1n) is 6.69. The van der Waals surface area contributed by atoms with Crippen LogP contribution in [0.5, 0.6) is 0 Å². The number of Topliss-reactive ketones (excluding diaryl/α,β-unsaturated/α-hetero) is 1. The Morgan fingerprint density at radius 2 is 1.67 bits per heavy atom. The second-order valence-corrected chi connectivity index (χ2v) is 5.45. The van der Waals surface area contributed by atoms with Gasteiger partial charge in [0, 0.05) is 22.7 Å². The van der Waals surface area contributed by atoms with Crippen LogP contribution in [0.4, 0.5) is 5.69 Å². The molecule has 0 amide bonds. The Labute approximate surface area is 128 Å². The summed E-state index contributed by atoms with van der Waals surface area (Å²) in [5.41, 5.74) is 7.99. The third kappa shape index (κ3) is 2.91. The summed E-state index contributed by atoms with van der Waals surface area (Å²) in [4.78, 5) is 12.5. The van der Waals surface area contributed by atoms with Gasteiger partial charge in [-0.1, -0.05) is 48.0 Å². The van der Waals surface area contributed by atoms with Crippen molar-refractivity contribution in [3.8, 4) is 0 Å². The van der Waals surface area contributed by atoms with E-state index >= 15 is 0 Å². The number of halogens is 1. The smallest absolute Gasteiger partial charge is 0.169 e. The zero-order chi connectivity index (χ0) is 14.8. The third-order valence-corrected chi connectivity index (χ3v) is 3.71. The van der Waals surface area contributed by atoms with E-state index in [1.165, 1.54) is 0 Å². The monoisotopic (exact) mass is 295 g/mol. The molecular weight excluding hydrogens is 282 g/mol. The molecule has 0 aliphatic rings. The minimum atomic E-state index is 0.000481. The fourth-order valence-corrected chi connectivity index (χ4v) is 2.64. The van der Waals surface area contributed by atoms with Gasteiger partial charge in [0.1, 0.15) is 0 Å². The van der Waals surface area contributed by atoms with E-state index in [2.05, 4.69) is 0 Å². The summed E-state index contributed by atoms with van der Waals surface area (Å²) in [5, 5.41) is 2.68. The zero-order valence-corrected chi connectivity index (χ0v) is 12.1. The van der Waals surface area contributed by atoms with Gasteiger partial charge in [-0.3, -0.25) is 4.79 Å². The number of benzene rings is 3. The summed E-state index contributed by atoms with van der Waals surface area (Å²) in [7, 11) is 0. The topological polar surface area (TPSA) is 43.1 Å². The fourth-order valence-electron chi connectivity index (χ4n) is 2.43. The molecule has 2 N–H and O–H groups in total. The summed E-state index contributed by atoms with van der Waals surface area (Å²) in [6.07, 6.45) is 0.295. The van der Waals surface area contributed by atoms with Crippen LogP contribution in [-0.2, 0) is 6.42 Å². The molecule has 0 heterocycles. The van der Waals surface area contributed by atoms with E-state index in [-0.39, 0.29) is 5.78 Å². The average molecular weight is 296 g/mol. The predicted molar refractivity (Wildman–Crippen MR) is 87.8 cm³/mol. The van der Waals surface area contributed by atoms with Crippen molar-refractivity contribution in [1.82, 2.24) is 0 Å². The summed E-state index contributed by atoms with van der Waals surface area (Å²) in [5.74, 6) is 0.000481. The molecule has 0 unspecified atom stereocenters. The number of carbonyl (C=O) groups excluding carboxylic acids is 1. The average Bonchev–Trinajstić information content (AvgIpc) is 2.46. The number of nitrogen functional groups attached to an aromatic ring is 1.